The van der Waals surface area contributed by atoms with Crippen molar-refractivity contribution in [2.24, 2.45) is 0 Å². The van der Waals surface area contributed by atoms with Crippen LogP contribution in [0.4, 0.5) is 14.5 Å². The van der Waals surface area contributed by atoms with E-state index in [-0.39, 0.29) is 12.2 Å². The van der Waals surface area contributed by atoms with Crippen LogP contribution in [0.1, 0.15) is 10.4 Å². The van der Waals surface area contributed by atoms with Crippen LogP contribution in [0.25, 0.3) is 0 Å². The van der Waals surface area contributed by atoms with Crippen molar-refractivity contribution < 1.29 is 28.3 Å². The molecule has 0 aliphatic carbocycles. The molecule has 98 valence electrons. The molecule has 0 atom stereocenters. The number of anilines is 1. The fraction of sp³-hybridized carbons (Fsp3) is 0.0833. The van der Waals surface area contributed by atoms with E-state index in [2.05, 4.69) is 0 Å². The number of halogens is 2. The van der Waals surface area contributed by atoms with Crippen LogP contribution in [0.5, 0.6) is 0 Å². The number of fused-ring (bicyclic) bond motifs is 1. The number of benzene rings is 1. The van der Waals surface area contributed by atoms with Crippen LogP contribution in [0.3, 0.4) is 0 Å². The maximum atomic E-state index is 13.4. The molecule has 2 rings (SSSR count). The third-order valence-electron chi connectivity index (χ3n) is 2.54. The number of amides is 1. The van der Waals surface area contributed by atoms with Crippen LogP contribution in [0, 0.1) is 11.6 Å². The summed E-state index contributed by atoms with van der Waals surface area (Å²) >= 11 is 0. The van der Waals surface area contributed by atoms with Gasteiger partial charge in [0.2, 0.25) is 0 Å². The Bertz CT molecular complexity index is 624. The zero-order valence-corrected chi connectivity index (χ0v) is 9.39. The predicted molar refractivity (Wildman–Crippen MR) is 59.8 cm³/mol. The minimum atomic E-state index is -1.23. The monoisotopic (exact) mass is 267 g/mol. The molecule has 0 aromatic heterocycles. The highest BCUT2D eigenvalue weighted by Crippen LogP contribution is 2.31. The van der Waals surface area contributed by atoms with Gasteiger partial charge in [0.15, 0.2) is 0 Å². The Hall–Kier alpha value is -2.57. The zero-order valence-electron chi connectivity index (χ0n) is 9.39. The number of carbonyl (C=O) groups is 3. The minimum Gasteiger partial charge on any atom is -0.478 e. The summed E-state index contributed by atoms with van der Waals surface area (Å²) in [5.74, 6) is -5.36. The molecule has 1 aromatic rings. The molecule has 0 radical (unpaired) electrons. The topological polar surface area (TPSA) is 74.7 Å². The summed E-state index contributed by atoms with van der Waals surface area (Å²) in [6.45, 7) is -0.257. The van der Waals surface area contributed by atoms with E-state index >= 15 is 0 Å². The third kappa shape index (κ3) is 2.22. The fourth-order valence-corrected chi connectivity index (χ4v) is 1.78. The van der Waals surface area contributed by atoms with Gasteiger partial charge < -0.3 is 10.0 Å². The fourth-order valence-electron chi connectivity index (χ4n) is 1.78. The summed E-state index contributed by atoms with van der Waals surface area (Å²) in [5, 5.41) is 8.41. The Morgan fingerprint density at radius 3 is 2.63 bits per heavy atom. The van der Waals surface area contributed by atoms with Crippen LogP contribution in [-0.4, -0.2) is 29.3 Å². The molecule has 0 saturated heterocycles. The van der Waals surface area contributed by atoms with Crippen molar-refractivity contribution in [1.29, 1.82) is 0 Å². The molecular weight excluding hydrogens is 260 g/mol. The molecule has 19 heavy (non-hydrogen) atoms. The van der Waals surface area contributed by atoms with Gasteiger partial charge in [-0.1, -0.05) is 6.08 Å². The van der Waals surface area contributed by atoms with Gasteiger partial charge in [0.05, 0.1) is 11.3 Å². The van der Waals surface area contributed by atoms with Crippen molar-refractivity contribution in [3.05, 3.63) is 41.5 Å². The normalized spacial score (nSPS) is 14.3. The molecule has 7 heteroatoms. The summed E-state index contributed by atoms with van der Waals surface area (Å²) < 4.78 is 26.5. The molecule has 0 unspecified atom stereocenters. The summed E-state index contributed by atoms with van der Waals surface area (Å²) in [6, 6.07) is 1.37. The summed E-state index contributed by atoms with van der Waals surface area (Å²) in [5.41, 5.74) is -0.683. The first-order valence-corrected chi connectivity index (χ1v) is 5.16. The second-order valence-corrected chi connectivity index (χ2v) is 3.77. The summed E-state index contributed by atoms with van der Waals surface area (Å²) in [4.78, 5) is 34.3. The number of hydrogen-bond acceptors (Lipinski definition) is 3. The Morgan fingerprint density at radius 1 is 1.32 bits per heavy atom. The van der Waals surface area contributed by atoms with Crippen LogP contribution >= 0.6 is 0 Å². The lowest BCUT2D eigenvalue weighted by molar-refractivity contribution is -0.131. The highest BCUT2D eigenvalue weighted by molar-refractivity contribution is 6.52. The third-order valence-corrected chi connectivity index (χ3v) is 2.54. The Balaban J connectivity index is 2.41. The van der Waals surface area contributed by atoms with Crippen LogP contribution in [-0.2, 0) is 9.59 Å². The van der Waals surface area contributed by atoms with E-state index in [0.717, 1.165) is 23.1 Å². The zero-order chi connectivity index (χ0) is 14.2. The maximum Gasteiger partial charge on any atom is 0.328 e. The molecule has 0 spiro atoms. The van der Waals surface area contributed by atoms with E-state index in [0.29, 0.717) is 6.07 Å². The van der Waals surface area contributed by atoms with Gasteiger partial charge in [-0.05, 0) is 6.07 Å². The van der Waals surface area contributed by atoms with Crippen molar-refractivity contribution in [2.45, 2.75) is 0 Å². The van der Waals surface area contributed by atoms with Crippen LogP contribution in [0.2, 0.25) is 0 Å². The Morgan fingerprint density at radius 2 is 2.00 bits per heavy atom. The minimum absolute atomic E-state index is 0.192. The molecule has 1 N–H and O–H groups in total. The molecule has 1 aliphatic heterocycles. The lowest BCUT2D eigenvalue weighted by atomic mass is 10.1. The van der Waals surface area contributed by atoms with E-state index in [1.807, 2.05) is 0 Å². The lowest BCUT2D eigenvalue weighted by Crippen LogP contribution is -2.29. The van der Waals surface area contributed by atoms with Gasteiger partial charge >= 0.3 is 5.97 Å². The first-order valence-electron chi connectivity index (χ1n) is 5.16. The quantitative estimate of drug-likeness (QED) is 0.658. The van der Waals surface area contributed by atoms with E-state index in [1.54, 1.807) is 0 Å². The number of nitrogens with zero attached hydrogens (tertiary/aromatic N) is 1. The van der Waals surface area contributed by atoms with Gasteiger partial charge in [0.25, 0.3) is 11.7 Å². The number of hydrogen-bond donors (Lipinski definition) is 1. The van der Waals surface area contributed by atoms with E-state index in [1.165, 1.54) is 0 Å². The van der Waals surface area contributed by atoms with Crippen molar-refractivity contribution in [1.82, 2.24) is 0 Å². The van der Waals surface area contributed by atoms with Gasteiger partial charge in [-0.15, -0.1) is 0 Å². The van der Waals surface area contributed by atoms with Gasteiger partial charge in [-0.3, -0.25) is 9.59 Å². The average Bonchev–Trinajstić information content (AvgIpc) is 2.53. The van der Waals surface area contributed by atoms with Gasteiger partial charge in [-0.2, -0.15) is 0 Å². The van der Waals surface area contributed by atoms with Crippen molar-refractivity contribution in [3.63, 3.8) is 0 Å². The second-order valence-electron chi connectivity index (χ2n) is 3.77. The highest BCUT2D eigenvalue weighted by Gasteiger charge is 2.38. The highest BCUT2D eigenvalue weighted by atomic mass is 19.1. The molecule has 5 nitrogen and oxygen atoms in total. The number of rotatable bonds is 3. The van der Waals surface area contributed by atoms with Crippen molar-refractivity contribution >= 4 is 23.3 Å². The Labute approximate surface area is 105 Å². The molecule has 0 bridgehead atoms. The largest absolute Gasteiger partial charge is 0.478 e. The number of carboxylic acid groups (broad SMARTS) is 1. The number of carboxylic acids is 1. The number of Topliss-reactive ketones (excluding diaryl/α,β-unsaturated/α-hetero) is 1. The van der Waals surface area contributed by atoms with Crippen molar-refractivity contribution in [2.75, 3.05) is 11.4 Å². The molecule has 1 aliphatic rings. The van der Waals surface area contributed by atoms with Gasteiger partial charge in [0.1, 0.15) is 11.6 Å². The van der Waals surface area contributed by atoms with Gasteiger partial charge in [-0.25, -0.2) is 13.6 Å². The summed E-state index contributed by atoms with van der Waals surface area (Å²) in [7, 11) is 0. The number of carbonyl (C=O) groups excluding carboxylic acids is 2. The standard InChI is InChI=1S/C12H7F2NO4/c13-6-4-7(14)10-8(5-6)15(12(19)11(10)18)3-1-2-9(16)17/h1-2,4-5H,3H2,(H,16,17). The SMILES string of the molecule is O=C(O)C=CCN1C(=O)C(=O)c2c(F)cc(F)cc21. The summed E-state index contributed by atoms with van der Waals surface area (Å²) in [6.07, 6.45) is 1.87. The van der Waals surface area contributed by atoms with E-state index in [4.69, 9.17) is 5.11 Å². The van der Waals surface area contributed by atoms with Crippen LogP contribution < -0.4 is 4.90 Å². The number of aliphatic carboxylic acids is 1. The molecular formula is C12H7F2NO4. The van der Waals surface area contributed by atoms with Gasteiger partial charge in [0, 0.05) is 18.7 Å². The smallest absolute Gasteiger partial charge is 0.328 e. The van der Waals surface area contributed by atoms with Crippen LogP contribution in [0.15, 0.2) is 24.3 Å². The second kappa shape index (κ2) is 4.60. The maximum absolute atomic E-state index is 13.4. The first kappa shape index (κ1) is 12.9. The Kier molecular flexibility index (Phi) is 3.12. The van der Waals surface area contributed by atoms with E-state index in [9.17, 15) is 23.2 Å². The predicted octanol–water partition coefficient (Wildman–Crippen LogP) is 1.13. The molecule has 0 saturated carbocycles. The molecule has 0 fully saturated rings. The van der Waals surface area contributed by atoms with E-state index < -0.39 is 34.9 Å². The first-order chi connectivity index (χ1) is 8.91. The molecule has 1 aromatic carbocycles. The van der Waals surface area contributed by atoms with Crippen molar-refractivity contribution in [3.8, 4) is 0 Å². The molecule has 1 amide bonds. The number of ketones is 1. The average molecular weight is 267 g/mol. The molecule has 1 heterocycles. The lowest BCUT2D eigenvalue weighted by Gasteiger charge is -2.13.